The second kappa shape index (κ2) is 11.8. The number of rotatable bonds is 8. The van der Waals surface area contributed by atoms with Gasteiger partial charge in [-0.25, -0.2) is 9.38 Å². The number of carbonyl (C=O) groups is 1. The second-order valence-electron chi connectivity index (χ2n) is 8.07. The number of ether oxygens (including phenoxy) is 2. The summed E-state index contributed by atoms with van der Waals surface area (Å²) in [5, 5.41) is 0.558. The van der Waals surface area contributed by atoms with Gasteiger partial charge in [-0.15, -0.1) is 0 Å². The fourth-order valence-corrected chi connectivity index (χ4v) is 5.32. The standard InChI is InChI=1S/C28H26BrFN2O3S/c1-4-32-27(33)25(36-28(32)31-22-11-9-21(30)10-12-22)16-20-14-23(29)26(24(15-20)34-5-2)35-17-19-8-6-7-18(3)13-19/h6-16H,4-5,17H2,1-3H3/b25-16+,31-28?. The summed E-state index contributed by atoms with van der Waals surface area (Å²) >= 11 is 4.91. The third kappa shape index (κ3) is 6.17. The van der Waals surface area contributed by atoms with Crippen LogP contribution >= 0.6 is 27.7 Å². The molecule has 3 aromatic carbocycles. The highest BCUT2D eigenvalue weighted by Crippen LogP contribution is 2.40. The molecule has 1 saturated heterocycles. The van der Waals surface area contributed by atoms with Gasteiger partial charge in [0.15, 0.2) is 16.7 Å². The van der Waals surface area contributed by atoms with Gasteiger partial charge in [-0.05, 0) is 102 Å². The molecule has 0 N–H and O–H groups in total. The monoisotopic (exact) mass is 568 g/mol. The van der Waals surface area contributed by atoms with E-state index in [-0.39, 0.29) is 11.7 Å². The number of amidine groups is 1. The number of amides is 1. The van der Waals surface area contributed by atoms with E-state index in [2.05, 4.69) is 27.0 Å². The first-order valence-corrected chi connectivity index (χ1v) is 13.2. The molecule has 0 aromatic heterocycles. The molecule has 0 saturated carbocycles. The third-order valence-electron chi connectivity index (χ3n) is 5.35. The Morgan fingerprint density at radius 1 is 1.08 bits per heavy atom. The number of aliphatic imine (C=N–C) groups is 1. The van der Waals surface area contributed by atoms with Crippen LogP contribution < -0.4 is 9.47 Å². The maximum absolute atomic E-state index is 13.3. The summed E-state index contributed by atoms with van der Waals surface area (Å²) in [6.07, 6.45) is 1.82. The number of likely N-dealkylation sites (N-methyl/N-ethyl adjacent to an activating group) is 1. The van der Waals surface area contributed by atoms with Crippen molar-refractivity contribution in [1.82, 2.24) is 4.90 Å². The maximum Gasteiger partial charge on any atom is 0.266 e. The Morgan fingerprint density at radius 2 is 1.86 bits per heavy atom. The molecule has 5 nitrogen and oxygen atoms in total. The minimum atomic E-state index is -0.330. The summed E-state index contributed by atoms with van der Waals surface area (Å²) in [6, 6.07) is 17.8. The van der Waals surface area contributed by atoms with Gasteiger partial charge in [-0.2, -0.15) is 0 Å². The lowest BCUT2D eigenvalue weighted by atomic mass is 10.1. The molecule has 0 unspecified atom stereocenters. The van der Waals surface area contributed by atoms with E-state index in [1.807, 2.05) is 57.2 Å². The molecule has 1 heterocycles. The zero-order chi connectivity index (χ0) is 25.7. The number of hydrogen-bond donors (Lipinski definition) is 0. The van der Waals surface area contributed by atoms with Crippen LogP contribution in [0.25, 0.3) is 6.08 Å². The van der Waals surface area contributed by atoms with Crippen molar-refractivity contribution in [3.63, 3.8) is 0 Å². The van der Waals surface area contributed by atoms with Crippen molar-refractivity contribution in [3.05, 3.63) is 92.5 Å². The molecule has 0 bridgehead atoms. The Balaban J connectivity index is 1.61. The Labute approximate surface area is 223 Å². The van der Waals surface area contributed by atoms with Crippen molar-refractivity contribution in [2.75, 3.05) is 13.2 Å². The van der Waals surface area contributed by atoms with E-state index in [4.69, 9.17) is 9.47 Å². The van der Waals surface area contributed by atoms with E-state index in [1.54, 1.807) is 17.0 Å². The van der Waals surface area contributed by atoms with Crippen molar-refractivity contribution in [2.45, 2.75) is 27.4 Å². The van der Waals surface area contributed by atoms with Gasteiger partial charge in [0, 0.05) is 6.54 Å². The Morgan fingerprint density at radius 3 is 2.56 bits per heavy atom. The van der Waals surface area contributed by atoms with Gasteiger partial charge in [0.2, 0.25) is 0 Å². The van der Waals surface area contributed by atoms with E-state index in [0.29, 0.717) is 47.0 Å². The zero-order valence-electron chi connectivity index (χ0n) is 20.3. The molecule has 0 spiro atoms. The molecule has 186 valence electrons. The fourth-order valence-electron chi connectivity index (χ4n) is 3.68. The minimum Gasteiger partial charge on any atom is -0.490 e. The fraction of sp³-hybridized carbons (Fsp3) is 0.214. The van der Waals surface area contributed by atoms with Crippen molar-refractivity contribution < 1.29 is 18.7 Å². The Bertz CT molecular complexity index is 1320. The largest absolute Gasteiger partial charge is 0.490 e. The summed E-state index contributed by atoms with van der Waals surface area (Å²) in [6.45, 7) is 7.21. The molecule has 36 heavy (non-hydrogen) atoms. The number of halogens is 2. The van der Waals surface area contributed by atoms with Gasteiger partial charge in [0.05, 0.1) is 21.7 Å². The molecule has 0 atom stereocenters. The van der Waals surface area contributed by atoms with Crippen molar-refractivity contribution in [2.24, 2.45) is 4.99 Å². The van der Waals surface area contributed by atoms with Crippen LogP contribution in [0.15, 0.2) is 75.0 Å². The number of nitrogens with zero attached hydrogens (tertiary/aromatic N) is 2. The van der Waals surface area contributed by atoms with Gasteiger partial charge < -0.3 is 9.47 Å². The lowest BCUT2D eigenvalue weighted by molar-refractivity contribution is -0.122. The minimum absolute atomic E-state index is 0.128. The molecule has 3 aromatic rings. The van der Waals surface area contributed by atoms with E-state index < -0.39 is 0 Å². The smallest absolute Gasteiger partial charge is 0.266 e. The SMILES string of the molecule is CCOc1cc(/C=C2/SC(=Nc3ccc(F)cc3)N(CC)C2=O)cc(Br)c1OCc1cccc(C)c1. The van der Waals surface area contributed by atoms with E-state index in [1.165, 1.54) is 29.5 Å². The highest BCUT2D eigenvalue weighted by molar-refractivity contribution is 9.10. The molecule has 1 fully saturated rings. The first kappa shape index (κ1) is 26.0. The Hall–Kier alpha value is -3.10. The van der Waals surface area contributed by atoms with Gasteiger partial charge in [0.25, 0.3) is 5.91 Å². The molecule has 8 heteroatoms. The molecule has 0 radical (unpaired) electrons. The number of carbonyl (C=O) groups excluding carboxylic acids is 1. The predicted octanol–water partition coefficient (Wildman–Crippen LogP) is 7.50. The van der Waals surface area contributed by atoms with Crippen molar-refractivity contribution in [3.8, 4) is 11.5 Å². The molecular weight excluding hydrogens is 543 g/mol. The van der Waals surface area contributed by atoms with Gasteiger partial charge in [-0.1, -0.05) is 29.8 Å². The van der Waals surface area contributed by atoms with Crippen LogP contribution in [0.5, 0.6) is 11.5 Å². The highest BCUT2D eigenvalue weighted by atomic mass is 79.9. The van der Waals surface area contributed by atoms with Crippen LogP contribution in [0.1, 0.15) is 30.5 Å². The molecule has 0 aliphatic carbocycles. The van der Waals surface area contributed by atoms with Crippen LogP contribution in [-0.4, -0.2) is 29.1 Å². The quantitative estimate of drug-likeness (QED) is 0.264. The summed E-state index contributed by atoms with van der Waals surface area (Å²) in [5.74, 6) is 0.746. The first-order valence-electron chi connectivity index (χ1n) is 11.6. The summed E-state index contributed by atoms with van der Waals surface area (Å²) < 4.78 is 26.0. The predicted molar refractivity (Wildman–Crippen MR) is 147 cm³/mol. The number of thioether (sulfide) groups is 1. The molecule has 1 amide bonds. The molecule has 4 rings (SSSR count). The zero-order valence-corrected chi connectivity index (χ0v) is 22.7. The molecule has 1 aliphatic rings. The lowest BCUT2D eigenvalue weighted by Crippen LogP contribution is -2.28. The topological polar surface area (TPSA) is 51.1 Å². The first-order chi connectivity index (χ1) is 17.4. The van der Waals surface area contributed by atoms with Crippen LogP contribution in [0.4, 0.5) is 10.1 Å². The average Bonchev–Trinajstić information content (AvgIpc) is 3.13. The van der Waals surface area contributed by atoms with Crippen molar-refractivity contribution in [1.29, 1.82) is 0 Å². The number of aryl methyl sites for hydroxylation is 1. The van der Waals surface area contributed by atoms with E-state index in [0.717, 1.165) is 15.6 Å². The molecule has 1 aliphatic heterocycles. The summed E-state index contributed by atoms with van der Waals surface area (Å²) in [5.41, 5.74) is 3.62. The van der Waals surface area contributed by atoms with E-state index in [9.17, 15) is 9.18 Å². The number of hydrogen-bond acceptors (Lipinski definition) is 5. The van der Waals surface area contributed by atoms with Crippen LogP contribution in [0.3, 0.4) is 0 Å². The molecular formula is C28H26BrFN2O3S. The summed E-state index contributed by atoms with van der Waals surface area (Å²) in [7, 11) is 0. The van der Waals surface area contributed by atoms with Crippen LogP contribution in [-0.2, 0) is 11.4 Å². The van der Waals surface area contributed by atoms with Gasteiger partial charge in [-0.3, -0.25) is 9.69 Å². The van der Waals surface area contributed by atoms with E-state index >= 15 is 0 Å². The average molecular weight is 569 g/mol. The maximum atomic E-state index is 13.3. The van der Waals surface area contributed by atoms with Crippen molar-refractivity contribution >= 4 is 50.5 Å². The summed E-state index contributed by atoms with van der Waals surface area (Å²) in [4.78, 5) is 19.8. The third-order valence-corrected chi connectivity index (χ3v) is 6.95. The highest BCUT2D eigenvalue weighted by Gasteiger charge is 2.32. The second-order valence-corrected chi connectivity index (χ2v) is 9.94. The van der Waals surface area contributed by atoms with Crippen LogP contribution in [0.2, 0.25) is 0 Å². The number of benzene rings is 3. The Kier molecular flexibility index (Phi) is 8.48. The normalized spacial score (nSPS) is 15.7. The van der Waals surface area contributed by atoms with Crippen LogP contribution in [0, 0.1) is 12.7 Å². The van der Waals surface area contributed by atoms with Gasteiger partial charge in [0.1, 0.15) is 12.4 Å². The lowest BCUT2D eigenvalue weighted by Gasteiger charge is -2.15. The van der Waals surface area contributed by atoms with Gasteiger partial charge >= 0.3 is 0 Å².